The summed E-state index contributed by atoms with van der Waals surface area (Å²) in [5.74, 6) is 5.24. The minimum absolute atomic E-state index is 0.208. The number of hydrogen-bond donors (Lipinski definition) is 3. The van der Waals surface area contributed by atoms with Gasteiger partial charge in [-0.2, -0.15) is 0 Å². The second kappa shape index (κ2) is 6.01. The van der Waals surface area contributed by atoms with Gasteiger partial charge < -0.3 is 15.7 Å². The van der Waals surface area contributed by atoms with E-state index in [9.17, 15) is 4.79 Å². The van der Waals surface area contributed by atoms with Crippen LogP contribution in [0.15, 0.2) is 18.2 Å². The number of hydrogen-bond acceptors (Lipinski definition) is 2. The Hall–Kier alpha value is -1.70. The highest BCUT2D eigenvalue weighted by Crippen LogP contribution is 2.22. The number of aliphatic hydroxyl groups is 1. The fraction of sp³-hybridized carbons (Fsp3) is 0.182. The molecule has 0 aliphatic heterocycles. The van der Waals surface area contributed by atoms with E-state index in [1.54, 1.807) is 18.2 Å². The molecule has 0 aromatic heterocycles. The maximum Gasteiger partial charge on any atom is 0.319 e. The number of carbonyl (C=O) groups excluding carboxylic acids is 1. The lowest BCUT2D eigenvalue weighted by atomic mass is 10.2. The van der Waals surface area contributed by atoms with Gasteiger partial charge in [-0.25, -0.2) is 4.79 Å². The predicted molar refractivity (Wildman–Crippen MR) is 63.5 cm³/mol. The van der Waals surface area contributed by atoms with Crippen LogP contribution in [0.4, 0.5) is 10.5 Å². The van der Waals surface area contributed by atoms with Crippen LogP contribution in [0.25, 0.3) is 0 Å². The molecule has 0 bridgehead atoms. The van der Waals surface area contributed by atoms with Crippen molar-refractivity contribution in [3.8, 4) is 11.8 Å². The van der Waals surface area contributed by atoms with E-state index in [1.165, 1.54) is 7.05 Å². The largest absolute Gasteiger partial charge is 0.384 e. The molecule has 0 atom stereocenters. The molecule has 1 aromatic rings. The first-order valence-corrected chi connectivity index (χ1v) is 4.93. The van der Waals surface area contributed by atoms with E-state index >= 15 is 0 Å². The van der Waals surface area contributed by atoms with Crippen LogP contribution >= 0.6 is 11.6 Å². The normalized spacial score (nSPS) is 8.94. The predicted octanol–water partition coefficient (Wildman–Crippen LogP) is 1.44. The van der Waals surface area contributed by atoms with Crippen molar-refractivity contribution in [2.75, 3.05) is 19.0 Å². The van der Waals surface area contributed by atoms with Gasteiger partial charge in [-0.3, -0.25) is 0 Å². The summed E-state index contributed by atoms with van der Waals surface area (Å²) >= 11 is 5.89. The van der Waals surface area contributed by atoms with Crippen LogP contribution in [-0.4, -0.2) is 24.8 Å². The van der Waals surface area contributed by atoms with E-state index in [2.05, 4.69) is 22.5 Å². The second-order valence-electron chi connectivity index (χ2n) is 2.86. The van der Waals surface area contributed by atoms with Crippen molar-refractivity contribution in [1.29, 1.82) is 0 Å². The summed E-state index contributed by atoms with van der Waals surface area (Å²) in [4.78, 5) is 11.1. The highest BCUT2D eigenvalue weighted by atomic mass is 35.5. The lowest BCUT2D eigenvalue weighted by Crippen LogP contribution is -2.24. The van der Waals surface area contributed by atoms with E-state index in [-0.39, 0.29) is 12.6 Å². The molecule has 0 saturated carbocycles. The average Bonchev–Trinajstić information content (AvgIpc) is 2.30. The molecule has 5 heteroatoms. The van der Waals surface area contributed by atoms with Crippen molar-refractivity contribution in [3.63, 3.8) is 0 Å². The first-order valence-electron chi connectivity index (χ1n) is 4.55. The molecule has 0 radical (unpaired) electrons. The Morgan fingerprint density at radius 2 is 2.31 bits per heavy atom. The van der Waals surface area contributed by atoms with Crippen LogP contribution in [-0.2, 0) is 0 Å². The van der Waals surface area contributed by atoms with Crippen molar-refractivity contribution in [2.45, 2.75) is 0 Å². The second-order valence-corrected chi connectivity index (χ2v) is 3.27. The first kappa shape index (κ1) is 12.4. The molecular weight excluding hydrogens is 228 g/mol. The number of rotatable bonds is 1. The molecule has 0 unspecified atom stereocenters. The van der Waals surface area contributed by atoms with Crippen molar-refractivity contribution in [2.24, 2.45) is 0 Å². The van der Waals surface area contributed by atoms with Gasteiger partial charge in [0.25, 0.3) is 0 Å². The molecule has 2 amide bonds. The van der Waals surface area contributed by atoms with Gasteiger partial charge in [0.05, 0.1) is 10.7 Å². The maximum atomic E-state index is 11.1. The first-order chi connectivity index (χ1) is 7.67. The molecule has 1 rings (SSSR count). The number of anilines is 1. The third-order valence-electron chi connectivity index (χ3n) is 1.75. The van der Waals surface area contributed by atoms with Crippen LogP contribution in [0.5, 0.6) is 0 Å². The van der Waals surface area contributed by atoms with Crippen molar-refractivity contribution in [1.82, 2.24) is 5.32 Å². The van der Waals surface area contributed by atoms with Crippen LogP contribution in [0.3, 0.4) is 0 Å². The van der Waals surface area contributed by atoms with Crippen molar-refractivity contribution in [3.05, 3.63) is 28.8 Å². The smallest absolute Gasteiger partial charge is 0.319 e. The number of benzene rings is 1. The maximum absolute atomic E-state index is 11.1. The highest BCUT2D eigenvalue weighted by Gasteiger charge is 2.04. The number of aliphatic hydroxyl groups excluding tert-OH is 1. The van der Waals surface area contributed by atoms with E-state index in [0.717, 1.165) is 0 Å². The summed E-state index contributed by atoms with van der Waals surface area (Å²) in [5, 5.41) is 14.0. The van der Waals surface area contributed by atoms with Crippen LogP contribution in [0.1, 0.15) is 5.56 Å². The Morgan fingerprint density at radius 3 is 2.94 bits per heavy atom. The lowest BCUT2D eigenvalue weighted by Gasteiger charge is -2.06. The standard InChI is InChI=1S/C11H11ClN2O2/c1-13-11(16)14-10-7-8(3-2-6-15)4-5-9(10)12/h4-5,7,15H,6H2,1H3,(H2,13,14,16). The van der Waals surface area contributed by atoms with Gasteiger partial charge in [-0.1, -0.05) is 23.4 Å². The van der Waals surface area contributed by atoms with E-state index in [0.29, 0.717) is 16.3 Å². The number of amides is 2. The zero-order valence-corrected chi connectivity index (χ0v) is 9.43. The summed E-state index contributed by atoms with van der Waals surface area (Å²) in [6, 6.07) is 4.63. The van der Waals surface area contributed by atoms with E-state index < -0.39 is 0 Å². The number of urea groups is 1. The Bertz CT molecular complexity index is 449. The van der Waals surface area contributed by atoms with Crippen LogP contribution in [0, 0.1) is 11.8 Å². The molecular formula is C11H11ClN2O2. The lowest BCUT2D eigenvalue weighted by molar-refractivity contribution is 0.254. The Morgan fingerprint density at radius 1 is 1.56 bits per heavy atom. The zero-order chi connectivity index (χ0) is 12.0. The molecule has 0 heterocycles. The Labute approximate surface area is 98.6 Å². The van der Waals surface area contributed by atoms with Gasteiger partial charge in [-0.05, 0) is 18.2 Å². The Balaban J connectivity index is 2.94. The highest BCUT2D eigenvalue weighted by molar-refractivity contribution is 6.33. The van der Waals surface area contributed by atoms with Gasteiger partial charge in [0, 0.05) is 12.6 Å². The third-order valence-corrected chi connectivity index (χ3v) is 2.08. The fourth-order valence-corrected chi connectivity index (χ4v) is 1.19. The molecule has 0 aliphatic carbocycles. The molecule has 4 nitrogen and oxygen atoms in total. The summed E-state index contributed by atoms with van der Waals surface area (Å²) in [7, 11) is 1.51. The van der Waals surface area contributed by atoms with Crippen LogP contribution < -0.4 is 10.6 Å². The third kappa shape index (κ3) is 3.46. The molecule has 0 aliphatic rings. The topological polar surface area (TPSA) is 61.4 Å². The van der Waals surface area contributed by atoms with E-state index in [4.69, 9.17) is 16.7 Å². The molecule has 0 spiro atoms. The molecule has 16 heavy (non-hydrogen) atoms. The molecule has 84 valence electrons. The van der Waals surface area contributed by atoms with Gasteiger partial charge in [0.1, 0.15) is 6.61 Å². The Kier molecular flexibility index (Phi) is 4.65. The van der Waals surface area contributed by atoms with Gasteiger partial charge in [0.2, 0.25) is 0 Å². The summed E-state index contributed by atoms with van der Waals surface area (Å²) < 4.78 is 0. The molecule has 1 aromatic carbocycles. The van der Waals surface area contributed by atoms with Crippen molar-refractivity contribution >= 4 is 23.3 Å². The summed E-state index contributed by atoms with van der Waals surface area (Å²) in [5.41, 5.74) is 1.15. The van der Waals surface area contributed by atoms with Gasteiger partial charge in [0.15, 0.2) is 0 Å². The van der Waals surface area contributed by atoms with Crippen LogP contribution in [0.2, 0.25) is 5.02 Å². The summed E-state index contributed by atoms with van der Waals surface area (Å²) in [6.07, 6.45) is 0. The minimum atomic E-state index is -0.353. The van der Waals surface area contributed by atoms with E-state index in [1.807, 2.05) is 0 Å². The quantitative estimate of drug-likeness (QED) is 0.649. The monoisotopic (exact) mass is 238 g/mol. The van der Waals surface area contributed by atoms with Crippen molar-refractivity contribution < 1.29 is 9.90 Å². The van der Waals surface area contributed by atoms with Gasteiger partial charge >= 0.3 is 6.03 Å². The molecule has 3 N–H and O–H groups in total. The summed E-state index contributed by atoms with van der Waals surface area (Å²) in [6.45, 7) is -0.208. The number of carbonyl (C=O) groups is 1. The molecule has 0 fully saturated rings. The number of nitrogens with one attached hydrogen (secondary N) is 2. The minimum Gasteiger partial charge on any atom is -0.384 e. The zero-order valence-electron chi connectivity index (χ0n) is 8.67. The van der Waals surface area contributed by atoms with Gasteiger partial charge in [-0.15, -0.1) is 0 Å². The number of halogens is 1. The SMILES string of the molecule is CNC(=O)Nc1cc(C#CCO)ccc1Cl. The molecule has 0 saturated heterocycles. The average molecular weight is 239 g/mol. The fourth-order valence-electron chi connectivity index (χ4n) is 1.03.